The van der Waals surface area contributed by atoms with E-state index < -0.39 is 0 Å². The van der Waals surface area contributed by atoms with Gasteiger partial charge in [-0.2, -0.15) is 0 Å². The van der Waals surface area contributed by atoms with Crippen LogP contribution in [-0.2, 0) is 12.8 Å². The third kappa shape index (κ3) is 7.19. The molecule has 0 radical (unpaired) electrons. The summed E-state index contributed by atoms with van der Waals surface area (Å²) in [5.41, 5.74) is 16.1. The molecular formula is C51H38I2N2S2. The maximum atomic E-state index is 4.11. The van der Waals surface area contributed by atoms with Crippen molar-refractivity contribution in [1.82, 2.24) is 9.13 Å². The van der Waals surface area contributed by atoms with E-state index in [1.807, 2.05) is 6.08 Å². The van der Waals surface area contributed by atoms with Crippen LogP contribution in [0.15, 0.2) is 180 Å². The Morgan fingerprint density at radius 1 is 0.667 bits per heavy atom. The van der Waals surface area contributed by atoms with Gasteiger partial charge in [0.1, 0.15) is 0 Å². The van der Waals surface area contributed by atoms with Crippen molar-refractivity contribution in [3.63, 3.8) is 0 Å². The lowest BCUT2D eigenvalue weighted by Crippen LogP contribution is -2.05. The van der Waals surface area contributed by atoms with Crippen LogP contribution in [0.3, 0.4) is 0 Å². The minimum atomic E-state index is 0.987. The van der Waals surface area contributed by atoms with Crippen molar-refractivity contribution in [3.8, 4) is 27.9 Å². The molecule has 0 unspecified atom stereocenters. The van der Waals surface area contributed by atoms with Crippen LogP contribution < -0.4 is 0 Å². The Balaban J connectivity index is 1.31. The van der Waals surface area contributed by atoms with Gasteiger partial charge in [0.15, 0.2) is 0 Å². The van der Waals surface area contributed by atoms with E-state index in [9.17, 15) is 0 Å². The highest BCUT2D eigenvalue weighted by Crippen LogP contribution is 2.45. The van der Waals surface area contributed by atoms with Crippen LogP contribution in [0, 0.1) is 0 Å². The fourth-order valence-electron chi connectivity index (χ4n) is 8.36. The zero-order valence-corrected chi connectivity index (χ0v) is 37.3. The Bertz CT molecular complexity index is 2950. The first-order chi connectivity index (χ1) is 28.1. The zero-order chi connectivity index (χ0) is 38.9. The lowest BCUT2D eigenvalue weighted by atomic mass is 9.83. The van der Waals surface area contributed by atoms with Crippen molar-refractivity contribution >= 4 is 111 Å². The van der Waals surface area contributed by atoms with E-state index in [0.29, 0.717) is 0 Å². The highest BCUT2D eigenvalue weighted by Gasteiger charge is 2.24. The second-order valence-corrected chi connectivity index (χ2v) is 18.0. The molecule has 0 N–H and O–H groups in total. The first-order valence-electron chi connectivity index (χ1n) is 19.0. The highest BCUT2D eigenvalue weighted by molar-refractivity contribution is 14.2. The van der Waals surface area contributed by atoms with Crippen LogP contribution in [0.1, 0.15) is 29.3 Å². The predicted octanol–water partition coefficient (Wildman–Crippen LogP) is 16.3. The van der Waals surface area contributed by atoms with Gasteiger partial charge in [-0.3, -0.25) is 0 Å². The van der Waals surface area contributed by atoms with E-state index >= 15 is 0 Å². The molecule has 2 aromatic heterocycles. The number of fused-ring (bicyclic) bond motifs is 9. The Morgan fingerprint density at radius 3 is 2.16 bits per heavy atom. The lowest BCUT2D eigenvalue weighted by Gasteiger charge is -2.22. The molecule has 9 rings (SSSR count). The van der Waals surface area contributed by atoms with Gasteiger partial charge in [-0.1, -0.05) is 109 Å². The second kappa shape index (κ2) is 16.8. The first kappa shape index (κ1) is 38.1. The van der Waals surface area contributed by atoms with Crippen molar-refractivity contribution in [2.45, 2.75) is 24.7 Å². The van der Waals surface area contributed by atoms with Gasteiger partial charge in [-0.25, -0.2) is 0 Å². The molecule has 2 aliphatic rings. The number of hydrogen-bond donors (Lipinski definition) is 0. The molecule has 0 fully saturated rings. The summed E-state index contributed by atoms with van der Waals surface area (Å²) < 4.78 is 4.86. The summed E-state index contributed by atoms with van der Waals surface area (Å²) in [6, 6.07) is 36.5. The molecule has 2 heterocycles. The van der Waals surface area contributed by atoms with Crippen LogP contribution in [0.2, 0.25) is 0 Å². The monoisotopic (exact) mass is 996 g/mol. The van der Waals surface area contributed by atoms with Gasteiger partial charge in [0.2, 0.25) is 0 Å². The average Bonchev–Trinajstić information content (AvgIpc) is 3.72. The molecule has 5 aromatic carbocycles. The molecule has 0 spiro atoms. The fraction of sp³-hybridized carbons (Fsp3) is 0.0588. The summed E-state index contributed by atoms with van der Waals surface area (Å²) in [5, 5.41) is 3.82. The van der Waals surface area contributed by atoms with Gasteiger partial charge >= 0.3 is 0 Å². The normalized spacial score (nSPS) is 17.3. The second-order valence-electron chi connectivity index (χ2n) is 14.1. The number of rotatable bonds is 7. The van der Waals surface area contributed by atoms with E-state index in [1.165, 1.54) is 87.1 Å². The molecule has 0 atom stereocenters. The van der Waals surface area contributed by atoms with Crippen molar-refractivity contribution < 1.29 is 0 Å². The third-order valence-corrected chi connectivity index (χ3v) is 14.8. The minimum Gasteiger partial charge on any atom is -0.309 e. The summed E-state index contributed by atoms with van der Waals surface area (Å²) in [5.74, 6) is 0. The maximum Gasteiger partial charge on any atom is 0.0547 e. The number of hydrogen-bond acceptors (Lipinski definition) is 2. The number of aromatic nitrogens is 2. The van der Waals surface area contributed by atoms with Crippen molar-refractivity contribution in [2.75, 3.05) is 0 Å². The smallest absolute Gasteiger partial charge is 0.0547 e. The summed E-state index contributed by atoms with van der Waals surface area (Å²) in [4.78, 5) is 2.45. The van der Waals surface area contributed by atoms with E-state index in [4.69, 9.17) is 0 Å². The molecule has 0 aliphatic heterocycles. The molecule has 2 nitrogen and oxygen atoms in total. The van der Waals surface area contributed by atoms with Gasteiger partial charge in [-0.15, -0.1) is 0 Å². The number of aryl methyl sites for hydroxylation is 2. The number of para-hydroxylation sites is 1. The van der Waals surface area contributed by atoms with Crippen LogP contribution in [-0.4, -0.2) is 9.13 Å². The third-order valence-electron chi connectivity index (χ3n) is 10.8. The molecule has 6 heteroatoms. The van der Waals surface area contributed by atoms with Gasteiger partial charge in [-0.05, 0) is 144 Å². The van der Waals surface area contributed by atoms with E-state index in [2.05, 4.69) is 235 Å². The molecular weight excluding hydrogens is 959 g/mol. The van der Waals surface area contributed by atoms with E-state index in [1.54, 1.807) is 17.9 Å². The Kier molecular flexibility index (Phi) is 11.2. The summed E-state index contributed by atoms with van der Waals surface area (Å²) in [6.45, 7) is 6.19. The Hall–Kier alpha value is -4.48. The highest BCUT2D eigenvalue weighted by atomic mass is 127. The van der Waals surface area contributed by atoms with Gasteiger partial charge in [0, 0.05) is 85.3 Å². The zero-order valence-electron chi connectivity index (χ0n) is 31.3. The molecule has 0 saturated heterocycles. The van der Waals surface area contributed by atoms with Gasteiger partial charge in [0.25, 0.3) is 0 Å². The summed E-state index contributed by atoms with van der Waals surface area (Å²) in [7, 11) is 3.47. The lowest BCUT2D eigenvalue weighted by molar-refractivity contribution is 0.946. The molecule has 0 amide bonds. The van der Waals surface area contributed by atoms with Gasteiger partial charge < -0.3 is 9.13 Å². The molecule has 278 valence electrons. The summed E-state index contributed by atoms with van der Waals surface area (Å²) in [6.07, 6.45) is 29.8. The number of allylic oxidation sites excluding steroid dienone is 12. The van der Waals surface area contributed by atoms with Gasteiger partial charge in [0.05, 0.1) is 22.2 Å². The number of nitrogens with zero attached hydrogens (tertiary/aromatic N) is 2. The first-order valence-corrected chi connectivity index (χ1v) is 25.7. The minimum absolute atomic E-state index is 0.987. The topological polar surface area (TPSA) is 9.86 Å². The van der Waals surface area contributed by atoms with E-state index in [0.717, 1.165) is 24.2 Å². The fourth-order valence-corrected chi connectivity index (χ4v) is 10.6. The molecule has 0 saturated carbocycles. The SMILES string of the molecule is C=C/C=C(\C=C/C)n1c2c(c3cc4c(cc31)-c1cc3c(cc1CC4)c1cc(-c4cccc(SI)c4)ccc1n3-c1ccccc1)/C=C/C=C/C=C\C(SI)=C/C=C\2. The predicted molar refractivity (Wildman–Crippen MR) is 270 cm³/mol. The molecule has 7 aromatic rings. The van der Waals surface area contributed by atoms with Crippen molar-refractivity contribution in [2.24, 2.45) is 0 Å². The van der Waals surface area contributed by atoms with Crippen LogP contribution >= 0.6 is 60.3 Å². The average molecular weight is 997 g/mol. The number of halogens is 2. The maximum absolute atomic E-state index is 4.11. The van der Waals surface area contributed by atoms with E-state index in [-0.39, 0.29) is 0 Å². The molecule has 57 heavy (non-hydrogen) atoms. The van der Waals surface area contributed by atoms with Crippen molar-refractivity contribution in [3.05, 3.63) is 198 Å². The quantitative estimate of drug-likeness (QED) is 0.116. The van der Waals surface area contributed by atoms with Crippen LogP contribution in [0.4, 0.5) is 0 Å². The molecule has 0 bridgehead atoms. The Morgan fingerprint density at radius 2 is 1.40 bits per heavy atom. The van der Waals surface area contributed by atoms with Crippen LogP contribution in [0.5, 0.6) is 0 Å². The number of benzene rings is 5. The molecule has 2 aliphatic carbocycles. The van der Waals surface area contributed by atoms with Crippen LogP contribution in [0.25, 0.3) is 78.5 Å². The summed E-state index contributed by atoms with van der Waals surface area (Å²) >= 11 is 4.73. The Labute approximate surface area is 367 Å². The largest absolute Gasteiger partial charge is 0.309 e. The van der Waals surface area contributed by atoms with Crippen molar-refractivity contribution in [1.29, 1.82) is 0 Å². The standard InChI is InChI=1S/C51H38I2N2S2/c1-3-14-38(15-4-2)54-48-23-13-20-40(56-52)19-10-5-6-11-22-42(48)45-30-36-24-25-37-31-47-46-29-35(34-16-12-21-41(28-34)57-53)26-27-49(46)55(39-17-8-7-9-18-39)51(47)33-44(37)43(36)32-50(45)54/h3-23,26-33H,1,24-25H2,2H3/b6-5+,10-5?,11-6?,15-4-,19-10-,20-13?,22-11+,23-13-,38-14+,40-19?,40-20+,42-22?,48-23?.